The Balaban J connectivity index is 2.28. The standard InChI is InChI=1S/C28H40FN3O5S2/c1-27(2,3)22-11-8-19(9-12-22)14-21(18-37-25(33)28(4,5)6)17-31(26(30)38)16-20-10-13-24(23(29)15-20)32(34)39(7,35)36/h8-13,15,21,34H,14,16-18H2,1-7H3,(H2,30,38). The Hall–Kier alpha value is -2.76. The number of hydrogen-bond acceptors (Lipinski definition) is 6. The Morgan fingerprint density at radius 1 is 1.08 bits per heavy atom. The van der Waals surface area contributed by atoms with E-state index >= 15 is 0 Å². The molecule has 2 aromatic carbocycles. The molecule has 0 spiro atoms. The monoisotopic (exact) mass is 581 g/mol. The molecule has 0 amide bonds. The van der Waals surface area contributed by atoms with Crippen LogP contribution in [-0.2, 0) is 37.9 Å². The van der Waals surface area contributed by atoms with Crippen LogP contribution in [-0.4, -0.2) is 49.0 Å². The van der Waals surface area contributed by atoms with Crippen molar-refractivity contribution in [3.63, 3.8) is 0 Å². The number of rotatable bonds is 10. The lowest BCUT2D eigenvalue weighted by Gasteiger charge is -2.29. The number of ether oxygens (including phenoxy) is 1. The maximum absolute atomic E-state index is 14.7. The average Bonchev–Trinajstić information content (AvgIpc) is 2.80. The van der Waals surface area contributed by atoms with Gasteiger partial charge >= 0.3 is 5.97 Å². The molecule has 1 atom stereocenters. The number of esters is 1. The first kappa shape index (κ1) is 32.5. The van der Waals surface area contributed by atoms with Gasteiger partial charge in [-0.3, -0.25) is 10.0 Å². The van der Waals surface area contributed by atoms with Crippen LogP contribution in [0.15, 0.2) is 42.5 Å². The van der Waals surface area contributed by atoms with Gasteiger partial charge in [0.25, 0.3) is 10.0 Å². The van der Waals surface area contributed by atoms with Crippen LogP contribution in [0.2, 0.25) is 0 Å². The molecule has 0 bridgehead atoms. The lowest BCUT2D eigenvalue weighted by molar-refractivity contribution is -0.154. The van der Waals surface area contributed by atoms with Crippen molar-refractivity contribution >= 4 is 39.0 Å². The lowest BCUT2D eigenvalue weighted by atomic mass is 9.86. The van der Waals surface area contributed by atoms with E-state index in [4.69, 9.17) is 22.7 Å². The third kappa shape index (κ3) is 9.74. The van der Waals surface area contributed by atoms with Crippen molar-refractivity contribution in [3.8, 4) is 0 Å². The fourth-order valence-electron chi connectivity index (χ4n) is 3.81. The van der Waals surface area contributed by atoms with Gasteiger partial charge in [0.2, 0.25) is 0 Å². The molecule has 0 aliphatic heterocycles. The summed E-state index contributed by atoms with van der Waals surface area (Å²) in [6, 6.07) is 12.1. The van der Waals surface area contributed by atoms with E-state index in [2.05, 4.69) is 45.0 Å². The average molecular weight is 582 g/mol. The van der Waals surface area contributed by atoms with Crippen molar-refractivity contribution in [1.82, 2.24) is 4.90 Å². The molecule has 0 saturated carbocycles. The number of thiocarbonyl (C=S) groups is 1. The summed E-state index contributed by atoms with van der Waals surface area (Å²) in [6.45, 7) is 12.4. The molecule has 2 aromatic rings. The van der Waals surface area contributed by atoms with Gasteiger partial charge < -0.3 is 15.4 Å². The van der Waals surface area contributed by atoms with Gasteiger partial charge in [-0.2, -0.15) is 0 Å². The summed E-state index contributed by atoms with van der Waals surface area (Å²) in [7, 11) is -4.05. The van der Waals surface area contributed by atoms with E-state index in [0.717, 1.165) is 17.9 Å². The fraction of sp³-hybridized carbons (Fsp3) is 0.500. The normalized spacial score (nSPS) is 13.1. The predicted molar refractivity (Wildman–Crippen MR) is 155 cm³/mol. The van der Waals surface area contributed by atoms with E-state index in [-0.39, 0.29) is 40.0 Å². The summed E-state index contributed by atoms with van der Waals surface area (Å²) in [4.78, 5) is 14.2. The predicted octanol–water partition coefficient (Wildman–Crippen LogP) is 4.77. The largest absolute Gasteiger partial charge is 0.465 e. The van der Waals surface area contributed by atoms with Crippen molar-refractivity contribution in [2.75, 3.05) is 23.9 Å². The van der Waals surface area contributed by atoms with Crippen molar-refractivity contribution in [2.45, 2.75) is 59.9 Å². The van der Waals surface area contributed by atoms with Crippen LogP contribution in [0.25, 0.3) is 0 Å². The summed E-state index contributed by atoms with van der Waals surface area (Å²) >= 11 is 5.28. The van der Waals surface area contributed by atoms with Gasteiger partial charge in [0.15, 0.2) is 5.11 Å². The third-order valence-corrected chi connectivity index (χ3v) is 7.19. The number of anilines is 1. The Labute approximate surface area is 236 Å². The summed E-state index contributed by atoms with van der Waals surface area (Å²) in [5, 5.41) is 9.87. The van der Waals surface area contributed by atoms with Gasteiger partial charge in [-0.1, -0.05) is 51.1 Å². The van der Waals surface area contributed by atoms with Gasteiger partial charge in [0.1, 0.15) is 11.5 Å². The van der Waals surface area contributed by atoms with Gasteiger partial charge in [0, 0.05) is 19.0 Å². The first-order valence-corrected chi connectivity index (χ1v) is 14.8. The van der Waals surface area contributed by atoms with Crippen LogP contribution < -0.4 is 10.2 Å². The Kier molecular flexibility index (Phi) is 10.5. The topological polar surface area (TPSA) is 113 Å². The van der Waals surface area contributed by atoms with Crippen molar-refractivity contribution in [1.29, 1.82) is 0 Å². The van der Waals surface area contributed by atoms with Crippen LogP contribution in [0.5, 0.6) is 0 Å². The molecule has 0 radical (unpaired) electrons. The maximum atomic E-state index is 14.7. The molecule has 0 aliphatic rings. The highest BCUT2D eigenvalue weighted by Gasteiger charge is 2.26. The second-order valence-electron chi connectivity index (χ2n) is 11.9. The van der Waals surface area contributed by atoms with Crippen LogP contribution in [0, 0.1) is 17.2 Å². The molecule has 1 unspecified atom stereocenters. The van der Waals surface area contributed by atoms with E-state index in [1.54, 1.807) is 25.7 Å². The zero-order chi connectivity index (χ0) is 29.8. The molecule has 0 aliphatic carbocycles. The van der Waals surface area contributed by atoms with Gasteiger partial charge in [0.05, 0.1) is 18.3 Å². The summed E-state index contributed by atoms with van der Waals surface area (Å²) in [5.41, 5.74) is 7.61. The molecule has 0 saturated heterocycles. The summed E-state index contributed by atoms with van der Waals surface area (Å²) in [5.74, 6) is -1.42. The highest BCUT2D eigenvalue weighted by molar-refractivity contribution is 7.91. The Morgan fingerprint density at radius 3 is 2.10 bits per heavy atom. The minimum atomic E-state index is -4.05. The Bertz CT molecular complexity index is 1270. The molecular weight excluding hydrogens is 541 g/mol. The van der Waals surface area contributed by atoms with Gasteiger partial charge in [-0.25, -0.2) is 12.8 Å². The first-order chi connectivity index (χ1) is 17.8. The number of sulfonamides is 1. The van der Waals surface area contributed by atoms with Crippen LogP contribution in [0.3, 0.4) is 0 Å². The second kappa shape index (κ2) is 12.6. The van der Waals surface area contributed by atoms with Crippen LogP contribution >= 0.6 is 12.2 Å². The minimum absolute atomic E-state index is 0.0158. The van der Waals surface area contributed by atoms with Crippen molar-refractivity contribution in [2.24, 2.45) is 17.1 Å². The van der Waals surface area contributed by atoms with E-state index in [9.17, 15) is 22.8 Å². The molecule has 8 nitrogen and oxygen atoms in total. The van der Waals surface area contributed by atoms with E-state index in [1.807, 2.05) is 0 Å². The molecule has 11 heteroatoms. The third-order valence-electron chi connectivity index (χ3n) is 6.10. The molecule has 0 fully saturated rings. The quantitative estimate of drug-likeness (QED) is 0.234. The lowest BCUT2D eigenvalue weighted by Crippen LogP contribution is -2.40. The molecule has 0 heterocycles. The number of carbonyl (C=O) groups excluding carboxylic acids is 1. The Morgan fingerprint density at radius 2 is 1.64 bits per heavy atom. The number of carbonyl (C=O) groups is 1. The van der Waals surface area contributed by atoms with Crippen LogP contribution in [0.4, 0.5) is 10.1 Å². The number of benzene rings is 2. The van der Waals surface area contributed by atoms with Crippen LogP contribution in [0.1, 0.15) is 58.2 Å². The highest BCUT2D eigenvalue weighted by Crippen LogP contribution is 2.25. The number of nitrogens with two attached hydrogens (primary N) is 1. The zero-order valence-corrected chi connectivity index (χ0v) is 25.3. The van der Waals surface area contributed by atoms with Crippen molar-refractivity contribution in [3.05, 3.63) is 65.0 Å². The van der Waals surface area contributed by atoms with Gasteiger partial charge in [-0.05, 0) is 73.6 Å². The molecular formula is C28H40FN3O5S2. The molecule has 2 rings (SSSR count). The van der Waals surface area contributed by atoms with E-state index in [0.29, 0.717) is 18.5 Å². The first-order valence-electron chi connectivity index (χ1n) is 12.6. The van der Waals surface area contributed by atoms with E-state index in [1.165, 1.54) is 17.7 Å². The number of halogens is 1. The second-order valence-corrected chi connectivity index (χ2v) is 14.1. The van der Waals surface area contributed by atoms with E-state index < -0.39 is 26.9 Å². The molecule has 3 N–H and O–H groups in total. The summed E-state index contributed by atoms with van der Waals surface area (Å²) in [6.07, 6.45) is 1.35. The SMILES string of the molecule is CC(C)(C)C(=O)OCC(Cc1ccc(C(C)(C)C)cc1)CN(Cc1ccc(N(O)S(C)(=O)=O)c(F)c1)C(N)=S. The van der Waals surface area contributed by atoms with Gasteiger partial charge in [-0.15, -0.1) is 4.47 Å². The number of hydrogen-bond donors (Lipinski definition) is 2. The molecule has 216 valence electrons. The number of nitrogens with zero attached hydrogens (tertiary/aromatic N) is 2. The summed E-state index contributed by atoms with van der Waals surface area (Å²) < 4.78 is 43.4. The minimum Gasteiger partial charge on any atom is -0.465 e. The highest BCUT2D eigenvalue weighted by atomic mass is 32.2. The molecule has 0 aromatic heterocycles. The fourth-order valence-corrected chi connectivity index (χ4v) is 4.45. The smallest absolute Gasteiger partial charge is 0.311 e. The maximum Gasteiger partial charge on any atom is 0.311 e. The van der Waals surface area contributed by atoms with Crippen molar-refractivity contribution < 1.29 is 27.5 Å². The molecule has 39 heavy (non-hydrogen) atoms. The zero-order valence-electron chi connectivity index (χ0n) is 23.7.